The molecule has 238 valence electrons. The first-order chi connectivity index (χ1) is 22.7. The molecule has 0 N–H and O–H groups in total. The van der Waals surface area contributed by atoms with Gasteiger partial charge in [0.25, 0.3) is 5.56 Å². The number of hydrogen-bond acceptors (Lipinski definition) is 6. The molecule has 4 aromatic carbocycles. The Bertz CT molecular complexity index is 2140. The van der Waals surface area contributed by atoms with Crippen molar-refractivity contribution in [2.45, 2.75) is 39.3 Å². The number of carbonyl (C=O) groups excluding carboxylic acids is 1. The highest BCUT2D eigenvalue weighted by Crippen LogP contribution is 2.36. The van der Waals surface area contributed by atoms with E-state index in [1.807, 2.05) is 91.0 Å². The van der Waals surface area contributed by atoms with Crippen LogP contribution in [0.15, 0.2) is 121 Å². The monoisotopic (exact) mass is 770 g/mol. The van der Waals surface area contributed by atoms with E-state index in [1.165, 1.54) is 11.3 Å². The number of halogens is 2. The summed E-state index contributed by atoms with van der Waals surface area (Å²) in [5.74, 6) is 0.435. The molecule has 0 spiro atoms. The molecular weight excluding hydrogens is 740 g/mol. The van der Waals surface area contributed by atoms with Crippen LogP contribution in [0.1, 0.15) is 60.5 Å². The molecule has 0 bridgehead atoms. The second kappa shape index (κ2) is 14.4. The van der Waals surface area contributed by atoms with Crippen LogP contribution in [0.4, 0.5) is 0 Å². The third kappa shape index (κ3) is 6.98. The normalized spacial score (nSPS) is 14.6. The van der Waals surface area contributed by atoms with Crippen LogP contribution in [0.3, 0.4) is 0 Å². The van der Waals surface area contributed by atoms with Crippen molar-refractivity contribution in [3.63, 3.8) is 0 Å². The standard InChI is InChI=1S/C38H32Br2N2O4S/c1-4-45-37(44)32-33(26-13-9-6-10-14-26)41-38-42(34(32)27-17-15-25(16-18-27)23(2)3)36(43)31(47-38)20-28-19-29(39)21-30(40)35(28)46-22-24-11-7-5-8-12-24/h5-21,23,34H,4,22H2,1-3H3/b31-20-/t34-/m0/s1. The summed E-state index contributed by atoms with van der Waals surface area (Å²) in [4.78, 5) is 33.7. The summed E-state index contributed by atoms with van der Waals surface area (Å²) in [5.41, 5.74) is 5.03. The molecule has 0 aliphatic carbocycles. The Morgan fingerprint density at radius 1 is 0.979 bits per heavy atom. The summed E-state index contributed by atoms with van der Waals surface area (Å²) in [6.45, 7) is 6.59. The van der Waals surface area contributed by atoms with E-state index in [1.54, 1.807) is 11.5 Å². The fourth-order valence-corrected chi connectivity index (χ4v) is 7.89. The lowest BCUT2D eigenvalue weighted by molar-refractivity contribution is -0.138. The molecule has 2 heterocycles. The smallest absolute Gasteiger partial charge is 0.338 e. The molecule has 0 saturated carbocycles. The molecule has 0 unspecified atom stereocenters. The van der Waals surface area contributed by atoms with Crippen molar-refractivity contribution in [3.8, 4) is 5.75 Å². The van der Waals surface area contributed by atoms with Crippen molar-refractivity contribution in [3.05, 3.63) is 159 Å². The number of aromatic nitrogens is 1. The first-order valence-electron chi connectivity index (χ1n) is 15.3. The van der Waals surface area contributed by atoms with E-state index < -0.39 is 12.0 Å². The van der Waals surface area contributed by atoms with Gasteiger partial charge < -0.3 is 9.47 Å². The molecule has 0 fully saturated rings. The number of thiazole rings is 1. The molecule has 47 heavy (non-hydrogen) atoms. The van der Waals surface area contributed by atoms with E-state index in [-0.39, 0.29) is 12.2 Å². The van der Waals surface area contributed by atoms with E-state index in [4.69, 9.17) is 14.5 Å². The van der Waals surface area contributed by atoms with Crippen LogP contribution in [0.25, 0.3) is 11.8 Å². The van der Waals surface area contributed by atoms with Crippen LogP contribution in [0.5, 0.6) is 5.75 Å². The fraction of sp³-hybridized carbons (Fsp3) is 0.184. The summed E-state index contributed by atoms with van der Waals surface area (Å²) in [7, 11) is 0. The SMILES string of the molecule is CCOC(=O)C1=C(c2ccccc2)N=c2s/c(=C\c3cc(Br)cc(Br)c3OCc3ccccc3)c(=O)n2[C@H]1c1ccc(C(C)C)cc1. The molecule has 1 aromatic heterocycles. The highest BCUT2D eigenvalue weighted by Gasteiger charge is 2.35. The van der Waals surface area contributed by atoms with Gasteiger partial charge in [0.2, 0.25) is 0 Å². The predicted molar refractivity (Wildman–Crippen MR) is 194 cm³/mol. The minimum absolute atomic E-state index is 0.192. The number of nitrogens with zero attached hydrogens (tertiary/aromatic N) is 2. The lowest BCUT2D eigenvalue weighted by Crippen LogP contribution is -2.40. The molecule has 0 amide bonds. The summed E-state index contributed by atoms with van der Waals surface area (Å²) in [6.07, 6.45) is 1.83. The molecule has 1 atom stereocenters. The van der Waals surface area contributed by atoms with Crippen molar-refractivity contribution in [1.82, 2.24) is 4.57 Å². The van der Waals surface area contributed by atoms with Crippen molar-refractivity contribution in [2.24, 2.45) is 4.99 Å². The predicted octanol–water partition coefficient (Wildman–Crippen LogP) is 8.16. The second-order valence-electron chi connectivity index (χ2n) is 11.3. The van der Waals surface area contributed by atoms with E-state index in [0.717, 1.165) is 36.8 Å². The summed E-state index contributed by atoms with van der Waals surface area (Å²) in [6, 6.07) is 30.7. The van der Waals surface area contributed by atoms with Gasteiger partial charge in [-0.1, -0.05) is 126 Å². The molecular formula is C38H32Br2N2O4S. The van der Waals surface area contributed by atoms with E-state index in [2.05, 4.69) is 57.8 Å². The van der Waals surface area contributed by atoms with Gasteiger partial charge in [-0.05, 0) is 63.7 Å². The number of carbonyl (C=O) groups is 1. The summed E-state index contributed by atoms with van der Waals surface area (Å²) >= 11 is 8.53. The van der Waals surface area contributed by atoms with Gasteiger partial charge >= 0.3 is 5.97 Å². The number of esters is 1. The number of rotatable bonds is 9. The minimum atomic E-state index is -0.744. The fourth-order valence-electron chi connectivity index (χ4n) is 5.53. The molecule has 0 saturated heterocycles. The molecule has 1 aliphatic heterocycles. The zero-order valence-corrected chi connectivity index (χ0v) is 30.1. The number of ether oxygens (including phenoxy) is 2. The molecule has 0 radical (unpaired) electrons. The van der Waals surface area contributed by atoms with Crippen molar-refractivity contribution in [2.75, 3.05) is 6.61 Å². The topological polar surface area (TPSA) is 69.9 Å². The maximum atomic E-state index is 14.4. The zero-order valence-electron chi connectivity index (χ0n) is 26.1. The Balaban J connectivity index is 1.57. The number of fused-ring (bicyclic) bond motifs is 1. The van der Waals surface area contributed by atoms with Crippen LogP contribution in [-0.4, -0.2) is 17.1 Å². The molecule has 5 aromatic rings. The highest BCUT2D eigenvalue weighted by molar-refractivity contribution is 9.11. The lowest BCUT2D eigenvalue weighted by atomic mass is 9.91. The van der Waals surface area contributed by atoms with Crippen LogP contribution in [0.2, 0.25) is 0 Å². The van der Waals surface area contributed by atoms with Gasteiger partial charge in [-0.3, -0.25) is 9.36 Å². The Kier molecular flexibility index (Phi) is 10.1. The average Bonchev–Trinajstić information content (AvgIpc) is 3.38. The highest BCUT2D eigenvalue weighted by atomic mass is 79.9. The van der Waals surface area contributed by atoms with Crippen LogP contribution in [0, 0.1) is 0 Å². The lowest BCUT2D eigenvalue weighted by Gasteiger charge is -2.26. The molecule has 6 nitrogen and oxygen atoms in total. The van der Waals surface area contributed by atoms with Gasteiger partial charge in [-0.2, -0.15) is 0 Å². The quantitative estimate of drug-likeness (QED) is 0.142. The van der Waals surface area contributed by atoms with Crippen LogP contribution >= 0.6 is 43.2 Å². The Morgan fingerprint density at radius 2 is 1.66 bits per heavy atom. The maximum Gasteiger partial charge on any atom is 0.338 e. The minimum Gasteiger partial charge on any atom is -0.487 e. The number of hydrogen-bond donors (Lipinski definition) is 0. The van der Waals surface area contributed by atoms with E-state index in [9.17, 15) is 9.59 Å². The largest absolute Gasteiger partial charge is 0.487 e. The third-order valence-electron chi connectivity index (χ3n) is 7.84. The van der Waals surface area contributed by atoms with Crippen molar-refractivity contribution < 1.29 is 14.3 Å². The first kappa shape index (κ1) is 32.9. The van der Waals surface area contributed by atoms with E-state index in [0.29, 0.717) is 38.9 Å². The van der Waals surface area contributed by atoms with Gasteiger partial charge in [-0.15, -0.1) is 0 Å². The van der Waals surface area contributed by atoms with Gasteiger partial charge in [0.15, 0.2) is 4.80 Å². The summed E-state index contributed by atoms with van der Waals surface area (Å²) in [5, 5.41) is 0. The van der Waals surface area contributed by atoms with Crippen LogP contribution < -0.4 is 19.6 Å². The molecule has 9 heteroatoms. The van der Waals surface area contributed by atoms with Gasteiger partial charge in [0, 0.05) is 15.6 Å². The van der Waals surface area contributed by atoms with Crippen molar-refractivity contribution >= 4 is 60.9 Å². The van der Waals surface area contributed by atoms with Gasteiger partial charge in [0.1, 0.15) is 12.4 Å². The Morgan fingerprint density at radius 3 is 2.32 bits per heavy atom. The second-order valence-corrected chi connectivity index (χ2v) is 14.1. The summed E-state index contributed by atoms with van der Waals surface area (Å²) < 4.78 is 15.6. The Hall–Kier alpha value is -4.05. The van der Waals surface area contributed by atoms with Gasteiger partial charge in [0.05, 0.1) is 32.9 Å². The number of benzene rings is 4. The van der Waals surface area contributed by atoms with Gasteiger partial charge in [-0.25, -0.2) is 9.79 Å². The average molecular weight is 773 g/mol. The third-order valence-corrected chi connectivity index (χ3v) is 9.87. The molecule has 1 aliphatic rings. The van der Waals surface area contributed by atoms with Crippen LogP contribution in [-0.2, 0) is 16.1 Å². The van der Waals surface area contributed by atoms with Crippen molar-refractivity contribution in [1.29, 1.82) is 0 Å². The zero-order chi connectivity index (χ0) is 33.1. The maximum absolute atomic E-state index is 14.4. The first-order valence-corrected chi connectivity index (χ1v) is 17.7. The Labute approximate surface area is 294 Å². The molecule has 6 rings (SSSR count). The van der Waals surface area contributed by atoms with E-state index >= 15 is 0 Å².